The van der Waals surface area contributed by atoms with Gasteiger partial charge in [0.15, 0.2) is 0 Å². The Morgan fingerprint density at radius 1 is 1.11 bits per heavy atom. The number of halogens is 2. The fraction of sp³-hybridized carbons (Fsp3) is 0.250. The fourth-order valence-corrected chi connectivity index (χ4v) is 2.84. The molecule has 0 radical (unpaired) electrons. The van der Waals surface area contributed by atoms with Crippen molar-refractivity contribution in [2.24, 2.45) is 5.73 Å². The predicted molar refractivity (Wildman–Crippen MR) is 70.8 cm³/mol. The van der Waals surface area contributed by atoms with E-state index in [4.69, 9.17) is 5.73 Å². The SMILES string of the molecule is Cc1ccc(C2(N)CCc3cc(F)ccc32)cc1F. The second-order valence-corrected chi connectivity index (χ2v) is 5.24. The number of hydrogen-bond acceptors (Lipinski definition) is 1. The first-order chi connectivity index (χ1) is 9.00. The highest BCUT2D eigenvalue weighted by Crippen LogP contribution is 2.40. The van der Waals surface area contributed by atoms with Gasteiger partial charge in [-0.2, -0.15) is 0 Å². The molecule has 0 aliphatic heterocycles. The minimum Gasteiger partial charge on any atom is -0.318 e. The highest BCUT2D eigenvalue weighted by Gasteiger charge is 2.37. The van der Waals surface area contributed by atoms with Crippen molar-refractivity contribution in [1.29, 1.82) is 0 Å². The van der Waals surface area contributed by atoms with Crippen LogP contribution in [-0.2, 0) is 12.0 Å². The second-order valence-electron chi connectivity index (χ2n) is 5.24. The third kappa shape index (κ3) is 1.85. The van der Waals surface area contributed by atoms with Crippen LogP contribution >= 0.6 is 0 Å². The summed E-state index contributed by atoms with van der Waals surface area (Å²) in [4.78, 5) is 0. The van der Waals surface area contributed by atoms with E-state index in [0.717, 1.165) is 23.1 Å². The zero-order valence-electron chi connectivity index (χ0n) is 10.7. The molecule has 0 saturated carbocycles. The molecule has 1 aliphatic carbocycles. The molecule has 98 valence electrons. The van der Waals surface area contributed by atoms with E-state index in [1.165, 1.54) is 18.2 Å². The van der Waals surface area contributed by atoms with Crippen LogP contribution in [0.4, 0.5) is 8.78 Å². The summed E-state index contributed by atoms with van der Waals surface area (Å²) in [6, 6.07) is 9.74. The van der Waals surface area contributed by atoms with Crippen molar-refractivity contribution in [3.63, 3.8) is 0 Å². The molecule has 1 aliphatic rings. The summed E-state index contributed by atoms with van der Waals surface area (Å²) in [5, 5.41) is 0. The number of aryl methyl sites for hydroxylation is 2. The monoisotopic (exact) mass is 259 g/mol. The van der Waals surface area contributed by atoms with Gasteiger partial charge in [-0.1, -0.05) is 18.2 Å². The number of fused-ring (bicyclic) bond motifs is 1. The van der Waals surface area contributed by atoms with Gasteiger partial charge in [-0.05, 0) is 60.2 Å². The van der Waals surface area contributed by atoms with Crippen LogP contribution in [0.25, 0.3) is 0 Å². The molecule has 2 aromatic carbocycles. The molecule has 3 rings (SSSR count). The van der Waals surface area contributed by atoms with Crippen LogP contribution in [0, 0.1) is 18.6 Å². The Hall–Kier alpha value is -1.74. The first-order valence-electron chi connectivity index (χ1n) is 6.35. The lowest BCUT2D eigenvalue weighted by molar-refractivity contribution is 0.526. The van der Waals surface area contributed by atoms with Crippen LogP contribution < -0.4 is 5.73 Å². The minimum atomic E-state index is -0.711. The van der Waals surface area contributed by atoms with Gasteiger partial charge < -0.3 is 5.73 Å². The van der Waals surface area contributed by atoms with Gasteiger partial charge in [0.05, 0.1) is 5.54 Å². The van der Waals surface area contributed by atoms with Crippen molar-refractivity contribution < 1.29 is 8.78 Å². The minimum absolute atomic E-state index is 0.252. The maximum Gasteiger partial charge on any atom is 0.126 e. The summed E-state index contributed by atoms with van der Waals surface area (Å²) in [6.07, 6.45) is 1.40. The van der Waals surface area contributed by atoms with Crippen LogP contribution in [0.1, 0.15) is 28.7 Å². The van der Waals surface area contributed by atoms with E-state index in [-0.39, 0.29) is 11.6 Å². The predicted octanol–water partition coefficient (Wildman–Crippen LogP) is 3.42. The third-order valence-corrected chi connectivity index (χ3v) is 4.02. The van der Waals surface area contributed by atoms with Crippen molar-refractivity contribution >= 4 is 0 Å². The number of benzene rings is 2. The van der Waals surface area contributed by atoms with Gasteiger partial charge >= 0.3 is 0 Å². The Labute approximate surface area is 111 Å². The van der Waals surface area contributed by atoms with Crippen LogP contribution in [0.5, 0.6) is 0 Å². The first-order valence-corrected chi connectivity index (χ1v) is 6.35. The van der Waals surface area contributed by atoms with Gasteiger partial charge in [0.1, 0.15) is 11.6 Å². The molecule has 0 aromatic heterocycles. The van der Waals surface area contributed by atoms with Crippen LogP contribution in [0.3, 0.4) is 0 Å². The largest absolute Gasteiger partial charge is 0.318 e. The van der Waals surface area contributed by atoms with Gasteiger partial charge in [-0.25, -0.2) is 8.78 Å². The number of hydrogen-bond donors (Lipinski definition) is 1. The normalized spacial score (nSPS) is 21.5. The lowest BCUT2D eigenvalue weighted by Gasteiger charge is -2.26. The number of nitrogens with two attached hydrogens (primary N) is 1. The summed E-state index contributed by atoms with van der Waals surface area (Å²) in [5.41, 5.74) is 8.93. The zero-order valence-corrected chi connectivity index (χ0v) is 10.7. The van der Waals surface area contributed by atoms with E-state index in [1.807, 2.05) is 6.07 Å². The fourth-order valence-electron chi connectivity index (χ4n) is 2.84. The number of rotatable bonds is 1. The van der Waals surface area contributed by atoms with E-state index in [1.54, 1.807) is 19.1 Å². The maximum absolute atomic E-state index is 13.7. The van der Waals surface area contributed by atoms with Gasteiger partial charge in [-0.3, -0.25) is 0 Å². The Morgan fingerprint density at radius 2 is 1.89 bits per heavy atom. The Kier molecular flexibility index (Phi) is 2.68. The van der Waals surface area contributed by atoms with Crippen molar-refractivity contribution in [3.8, 4) is 0 Å². The summed E-state index contributed by atoms with van der Waals surface area (Å²) in [7, 11) is 0. The molecule has 0 spiro atoms. The highest BCUT2D eigenvalue weighted by molar-refractivity contribution is 5.47. The van der Waals surface area contributed by atoms with Gasteiger partial charge in [0.2, 0.25) is 0 Å². The smallest absolute Gasteiger partial charge is 0.126 e. The molecule has 0 bridgehead atoms. The Balaban J connectivity index is 2.13. The standard InChI is InChI=1S/C16H15F2N/c1-10-2-3-12(9-15(10)18)16(19)7-6-11-8-13(17)4-5-14(11)16/h2-5,8-9H,6-7,19H2,1H3. The Bertz CT molecular complexity index is 651. The molecule has 19 heavy (non-hydrogen) atoms. The quantitative estimate of drug-likeness (QED) is 0.834. The van der Waals surface area contributed by atoms with Crippen molar-refractivity contribution in [3.05, 3.63) is 70.3 Å². The molecule has 0 heterocycles. The zero-order chi connectivity index (χ0) is 13.6. The van der Waals surface area contributed by atoms with Crippen LogP contribution in [-0.4, -0.2) is 0 Å². The van der Waals surface area contributed by atoms with Crippen molar-refractivity contribution in [1.82, 2.24) is 0 Å². The average molecular weight is 259 g/mol. The molecule has 2 aromatic rings. The van der Waals surface area contributed by atoms with E-state index in [9.17, 15) is 8.78 Å². The highest BCUT2D eigenvalue weighted by atomic mass is 19.1. The molecular formula is C16H15F2N. The molecule has 3 heteroatoms. The average Bonchev–Trinajstić information content (AvgIpc) is 2.71. The van der Waals surface area contributed by atoms with Crippen molar-refractivity contribution in [2.75, 3.05) is 0 Å². The van der Waals surface area contributed by atoms with E-state index in [2.05, 4.69) is 0 Å². The molecule has 0 amide bonds. The molecule has 1 atom stereocenters. The summed E-state index contributed by atoms with van der Waals surface area (Å²) in [6.45, 7) is 1.72. The summed E-state index contributed by atoms with van der Waals surface area (Å²) < 4.78 is 27.0. The molecule has 2 N–H and O–H groups in total. The van der Waals surface area contributed by atoms with Gasteiger partial charge in [0.25, 0.3) is 0 Å². The summed E-state index contributed by atoms with van der Waals surface area (Å²) >= 11 is 0. The lowest BCUT2D eigenvalue weighted by atomic mass is 9.85. The van der Waals surface area contributed by atoms with E-state index in [0.29, 0.717) is 12.0 Å². The molecular weight excluding hydrogens is 244 g/mol. The topological polar surface area (TPSA) is 26.0 Å². The second kappa shape index (κ2) is 4.14. The first kappa shape index (κ1) is 12.3. The molecule has 0 fully saturated rings. The van der Waals surface area contributed by atoms with Crippen molar-refractivity contribution in [2.45, 2.75) is 25.3 Å². The molecule has 0 saturated heterocycles. The van der Waals surface area contributed by atoms with Crippen LogP contribution in [0.15, 0.2) is 36.4 Å². The third-order valence-electron chi connectivity index (χ3n) is 4.02. The maximum atomic E-state index is 13.7. The van der Waals surface area contributed by atoms with E-state index < -0.39 is 5.54 Å². The van der Waals surface area contributed by atoms with E-state index >= 15 is 0 Å². The van der Waals surface area contributed by atoms with Gasteiger partial charge in [0, 0.05) is 0 Å². The van der Waals surface area contributed by atoms with Crippen LogP contribution in [0.2, 0.25) is 0 Å². The molecule has 1 unspecified atom stereocenters. The molecule has 1 nitrogen and oxygen atoms in total. The lowest BCUT2D eigenvalue weighted by Crippen LogP contribution is -2.35. The van der Waals surface area contributed by atoms with Gasteiger partial charge in [-0.15, -0.1) is 0 Å². The summed E-state index contributed by atoms with van der Waals surface area (Å²) in [5.74, 6) is -0.504. The Morgan fingerprint density at radius 3 is 2.63 bits per heavy atom.